The number of benzene rings is 1. The van der Waals surface area contributed by atoms with Gasteiger partial charge in [0, 0.05) is 10.5 Å². The topological polar surface area (TPSA) is 39.2 Å². The second kappa shape index (κ2) is 5.23. The number of rotatable bonds is 4. The quantitative estimate of drug-likeness (QED) is 0.822. The van der Waals surface area contributed by atoms with Crippen LogP contribution in [0.25, 0.3) is 0 Å². The maximum absolute atomic E-state index is 6.12. The molecule has 1 aromatic heterocycles. The Kier molecular flexibility index (Phi) is 3.70. The minimum Gasteiger partial charge on any atom is -0.472 e. The Hall–Kier alpha value is -1.19. The average molecular weight is 233 g/mol. The van der Waals surface area contributed by atoms with Gasteiger partial charge in [-0.25, -0.2) is 0 Å². The van der Waals surface area contributed by atoms with Crippen LogP contribution in [0, 0.1) is 0 Å². The van der Waals surface area contributed by atoms with Gasteiger partial charge in [0.15, 0.2) is 0 Å². The first kappa shape index (κ1) is 11.3. The second-order valence-corrected chi connectivity index (χ2v) is 4.87. The second-order valence-electron chi connectivity index (χ2n) is 3.54. The van der Waals surface area contributed by atoms with Gasteiger partial charge < -0.3 is 10.2 Å². The molecule has 0 fully saturated rings. The van der Waals surface area contributed by atoms with Gasteiger partial charge in [0.25, 0.3) is 0 Å². The molecule has 0 spiro atoms. The minimum absolute atomic E-state index is 0.0978. The van der Waals surface area contributed by atoms with E-state index < -0.39 is 0 Å². The molecule has 0 amide bonds. The summed E-state index contributed by atoms with van der Waals surface area (Å²) in [7, 11) is 0. The molecule has 0 aliphatic rings. The molecule has 0 aliphatic heterocycles. The first-order valence-corrected chi connectivity index (χ1v) is 6.30. The summed E-state index contributed by atoms with van der Waals surface area (Å²) in [5.74, 6) is 1.09. The summed E-state index contributed by atoms with van der Waals surface area (Å²) in [5, 5.41) is 0. The highest BCUT2D eigenvalue weighted by atomic mass is 32.2. The van der Waals surface area contributed by atoms with Gasteiger partial charge in [0.2, 0.25) is 0 Å². The van der Waals surface area contributed by atoms with Crippen molar-refractivity contribution in [1.29, 1.82) is 0 Å². The van der Waals surface area contributed by atoms with E-state index >= 15 is 0 Å². The lowest BCUT2D eigenvalue weighted by atomic mass is 10.0. The molecule has 16 heavy (non-hydrogen) atoms. The van der Waals surface area contributed by atoms with E-state index in [2.05, 4.69) is 31.2 Å². The maximum atomic E-state index is 6.12. The molecule has 2 aromatic rings. The fourth-order valence-corrected chi connectivity index (χ4v) is 2.24. The molecule has 0 radical (unpaired) electrons. The standard InChI is InChI=1S/C13H15NOS/c1-2-16-12-5-3-10(4-6-12)13(14)11-7-8-15-9-11/h3-9,13H,2,14H2,1H3. The Balaban J connectivity index is 2.15. The normalized spacial score (nSPS) is 12.6. The number of nitrogens with two attached hydrogens (primary N) is 1. The van der Waals surface area contributed by atoms with E-state index in [1.165, 1.54) is 4.90 Å². The van der Waals surface area contributed by atoms with Gasteiger partial charge in [-0.3, -0.25) is 0 Å². The maximum Gasteiger partial charge on any atom is 0.0953 e. The summed E-state index contributed by atoms with van der Waals surface area (Å²) in [5.41, 5.74) is 8.24. The van der Waals surface area contributed by atoms with E-state index in [1.807, 2.05) is 17.8 Å². The number of thioether (sulfide) groups is 1. The Morgan fingerprint density at radius 3 is 2.50 bits per heavy atom. The van der Waals surface area contributed by atoms with Crippen LogP contribution < -0.4 is 5.73 Å². The van der Waals surface area contributed by atoms with E-state index in [9.17, 15) is 0 Å². The lowest BCUT2D eigenvalue weighted by Gasteiger charge is -2.10. The fraction of sp³-hybridized carbons (Fsp3) is 0.231. The van der Waals surface area contributed by atoms with Crippen LogP contribution in [0.5, 0.6) is 0 Å². The first-order chi connectivity index (χ1) is 7.81. The van der Waals surface area contributed by atoms with E-state index in [4.69, 9.17) is 10.2 Å². The fourth-order valence-electron chi connectivity index (χ4n) is 1.58. The third-order valence-corrected chi connectivity index (χ3v) is 3.35. The van der Waals surface area contributed by atoms with Crippen LogP contribution in [0.4, 0.5) is 0 Å². The van der Waals surface area contributed by atoms with Crippen LogP contribution in [0.15, 0.2) is 52.2 Å². The Bertz CT molecular complexity index is 422. The molecule has 2 rings (SSSR count). The summed E-state index contributed by atoms with van der Waals surface area (Å²) in [4.78, 5) is 1.28. The van der Waals surface area contributed by atoms with E-state index in [1.54, 1.807) is 12.5 Å². The number of hydrogen-bond donors (Lipinski definition) is 1. The van der Waals surface area contributed by atoms with Gasteiger partial charge in [-0.1, -0.05) is 19.1 Å². The largest absolute Gasteiger partial charge is 0.472 e. The molecule has 1 unspecified atom stereocenters. The molecule has 1 atom stereocenters. The molecule has 84 valence electrons. The van der Waals surface area contributed by atoms with Crippen LogP contribution in [0.3, 0.4) is 0 Å². The zero-order valence-electron chi connectivity index (χ0n) is 9.22. The molecule has 1 aromatic carbocycles. The predicted octanol–water partition coefficient (Wildman–Crippen LogP) is 3.44. The molecule has 0 saturated heterocycles. The lowest BCUT2D eigenvalue weighted by molar-refractivity contribution is 0.562. The van der Waals surface area contributed by atoms with Crippen LogP contribution in [-0.2, 0) is 0 Å². The summed E-state index contributed by atoms with van der Waals surface area (Å²) < 4.78 is 5.04. The van der Waals surface area contributed by atoms with Gasteiger partial charge in [0.05, 0.1) is 18.6 Å². The highest BCUT2D eigenvalue weighted by Crippen LogP contribution is 2.23. The van der Waals surface area contributed by atoms with Crippen LogP contribution in [0.2, 0.25) is 0 Å². The van der Waals surface area contributed by atoms with Crippen LogP contribution in [-0.4, -0.2) is 5.75 Å². The van der Waals surface area contributed by atoms with Crippen molar-refractivity contribution in [2.24, 2.45) is 5.73 Å². The zero-order chi connectivity index (χ0) is 11.4. The molecule has 3 heteroatoms. The van der Waals surface area contributed by atoms with E-state index in [0.29, 0.717) is 0 Å². The Morgan fingerprint density at radius 1 is 1.19 bits per heavy atom. The van der Waals surface area contributed by atoms with Crippen molar-refractivity contribution in [1.82, 2.24) is 0 Å². The monoisotopic (exact) mass is 233 g/mol. The number of furan rings is 1. The summed E-state index contributed by atoms with van der Waals surface area (Å²) in [6.07, 6.45) is 3.34. The Morgan fingerprint density at radius 2 is 1.94 bits per heavy atom. The smallest absolute Gasteiger partial charge is 0.0953 e. The summed E-state index contributed by atoms with van der Waals surface area (Å²) in [6, 6.07) is 10.2. The SMILES string of the molecule is CCSc1ccc(C(N)c2ccoc2)cc1. The van der Waals surface area contributed by atoms with Crippen LogP contribution >= 0.6 is 11.8 Å². The van der Waals surface area contributed by atoms with Crippen molar-refractivity contribution in [2.75, 3.05) is 5.75 Å². The third-order valence-electron chi connectivity index (χ3n) is 2.45. The van der Waals surface area contributed by atoms with E-state index in [-0.39, 0.29) is 6.04 Å². The van der Waals surface area contributed by atoms with Gasteiger partial charge in [-0.2, -0.15) is 0 Å². The molecule has 1 heterocycles. The molecular weight excluding hydrogens is 218 g/mol. The molecule has 2 N–H and O–H groups in total. The van der Waals surface area contributed by atoms with Gasteiger partial charge in [-0.15, -0.1) is 11.8 Å². The van der Waals surface area contributed by atoms with Crippen molar-refractivity contribution in [3.63, 3.8) is 0 Å². The molecule has 0 aliphatic carbocycles. The third kappa shape index (κ3) is 2.49. The predicted molar refractivity (Wildman–Crippen MR) is 67.6 cm³/mol. The highest BCUT2D eigenvalue weighted by Gasteiger charge is 2.09. The van der Waals surface area contributed by atoms with Crippen molar-refractivity contribution in [3.8, 4) is 0 Å². The highest BCUT2D eigenvalue weighted by molar-refractivity contribution is 7.99. The van der Waals surface area contributed by atoms with Gasteiger partial charge in [-0.05, 0) is 29.5 Å². The average Bonchev–Trinajstić information content (AvgIpc) is 2.83. The molecular formula is C13H15NOS. The number of hydrogen-bond acceptors (Lipinski definition) is 3. The zero-order valence-corrected chi connectivity index (χ0v) is 10.0. The van der Waals surface area contributed by atoms with Gasteiger partial charge >= 0.3 is 0 Å². The van der Waals surface area contributed by atoms with E-state index in [0.717, 1.165) is 16.9 Å². The van der Waals surface area contributed by atoms with Crippen molar-refractivity contribution in [3.05, 3.63) is 54.0 Å². The summed E-state index contributed by atoms with van der Waals surface area (Å²) >= 11 is 1.83. The molecule has 0 bridgehead atoms. The first-order valence-electron chi connectivity index (χ1n) is 5.31. The van der Waals surface area contributed by atoms with Crippen molar-refractivity contribution in [2.45, 2.75) is 17.9 Å². The minimum atomic E-state index is -0.0978. The van der Waals surface area contributed by atoms with Gasteiger partial charge in [0.1, 0.15) is 0 Å². The summed E-state index contributed by atoms with van der Waals surface area (Å²) in [6.45, 7) is 2.15. The lowest BCUT2D eigenvalue weighted by Crippen LogP contribution is -2.10. The molecule has 0 saturated carbocycles. The van der Waals surface area contributed by atoms with Crippen molar-refractivity contribution < 1.29 is 4.42 Å². The molecule has 2 nitrogen and oxygen atoms in total. The Labute approximate surface area is 99.8 Å². The van der Waals surface area contributed by atoms with Crippen LogP contribution in [0.1, 0.15) is 24.1 Å². The van der Waals surface area contributed by atoms with Crippen molar-refractivity contribution >= 4 is 11.8 Å².